The Hall–Kier alpha value is -2.67. The van der Waals surface area contributed by atoms with E-state index in [0.717, 1.165) is 11.4 Å². The van der Waals surface area contributed by atoms with Gasteiger partial charge in [0.05, 0.1) is 18.4 Å². The van der Waals surface area contributed by atoms with Crippen LogP contribution in [0, 0.1) is 5.82 Å². The third kappa shape index (κ3) is 4.67. The number of carbonyl (C=O) groups excluding carboxylic acids is 1. The summed E-state index contributed by atoms with van der Waals surface area (Å²) in [4.78, 5) is 12.5. The lowest BCUT2D eigenvalue weighted by molar-refractivity contribution is 0.101. The van der Waals surface area contributed by atoms with Crippen molar-refractivity contribution in [3.63, 3.8) is 0 Å². The van der Waals surface area contributed by atoms with Gasteiger partial charge in [-0.15, -0.1) is 10.2 Å². The van der Waals surface area contributed by atoms with Crippen molar-refractivity contribution in [1.29, 1.82) is 0 Å². The third-order valence-corrected chi connectivity index (χ3v) is 5.66. The standard InChI is InChI=1S/C22H24FN3O2S/c1-22(2,3)15-8-6-14(7-9-15)20-24-25-21(26(20)4)29-13-18(27)17-12-16(23)10-11-19(17)28-5/h6-12H,13H2,1-5H3. The summed E-state index contributed by atoms with van der Waals surface area (Å²) in [5, 5.41) is 9.09. The second-order valence-electron chi connectivity index (χ2n) is 7.75. The van der Waals surface area contributed by atoms with E-state index in [1.165, 1.54) is 42.6 Å². The first kappa shape index (κ1) is 21.0. The molecule has 0 bridgehead atoms. The minimum atomic E-state index is -0.473. The number of ketones is 1. The van der Waals surface area contributed by atoms with E-state index < -0.39 is 5.82 Å². The average Bonchev–Trinajstić information content (AvgIpc) is 3.06. The van der Waals surface area contributed by atoms with Crippen molar-refractivity contribution in [2.75, 3.05) is 12.9 Å². The van der Waals surface area contributed by atoms with Crippen LogP contribution < -0.4 is 4.74 Å². The van der Waals surface area contributed by atoms with E-state index in [1.54, 1.807) is 0 Å². The van der Waals surface area contributed by atoms with Crippen LogP contribution in [0.1, 0.15) is 36.7 Å². The Balaban J connectivity index is 1.75. The van der Waals surface area contributed by atoms with Crippen molar-refractivity contribution in [2.45, 2.75) is 31.3 Å². The Kier molecular flexibility index (Phi) is 6.07. The molecule has 0 atom stereocenters. The minimum absolute atomic E-state index is 0.0811. The van der Waals surface area contributed by atoms with Crippen LogP contribution in [0.25, 0.3) is 11.4 Å². The molecule has 5 nitrogen and oxygen atoms in total. The van der Waals surface area contributed by atoms with E-state index in [2.05, 4.69) is 43.1 Å². The first-order chi connectivity index (χ1) is 13.7. The van der Waals surface area contributed by atoms with Gasteiger partial charge in [0.15, 0.2) is 16.8 Å². The van der Waals surface area contributed by atoms with Crippen LogP contribution in [0.4, 0.5) is 4.39 Å². The summed E-state index contributed by atoms with van der Waals surface area (Å²) >= 11 is 1.26. The number of hydrogen-bond acceptors (Lipinski definition) is 5. The molecule has 0 N–H and O–H groups in total. The first-order valence-corrected chi connectivity index (χ1v) is 10.2. The number of ether oxygens (including phenoxy) is 1. The molecule has 1 heterocycles. The van der Waals surface area contributed by atoms with Crippen LogP contribution in [-0.4, -0.2) is 33.4 Å². The van der Waals surface area contributed by atoms with Crippen molar-refractivity contribution in [1.82, 2.24) is 14.8 Å². The molecule has 0 spiro atoms. The summed E-state index contributed by atoms with van der Waals surface area (Å²) < 4.78 is 20.5. The SMILES string of the molecule is COc1ccc(F)cc1C(=O)CSc1nnc(-c2ccc(C(C)(C)C)cc2)n1C. The zero-order valence-electron chi connectivity index (χ0n) is 17.2. The van der Waals surface area contributed by atoms with Gasteiger partial charge < -0.3 is 9.30 Å². The molecule has 0 aliphatic carbocycles. The molecule has 152 valence electrons. The summed E-state index contributed by atoms with van der Waals surface area (Å²) in [5.74, 6) is 0.483. The number of benzene rings is 2. The van der Waals surface area contributed by atoms with E-state index in [0.29, 0.717) is 10.9 Å². The summed E-state index contributed by atoms with van der Waals surface area (Å²) in [6, 6.07) is 12.2. The monoisotopic (exact) mass is 413 g/mol. The van der Waals surface area contributed by atoms with Gasteiger partial charge in [0.2, 0.25) is 0 Å². The summed E-state index contributed by atoms with van der Waals surface area (Å²) in [6.45, 7) is 6.51. The molecule has 0 radical (unpaired) electrons. The predicted octanol–water partition coefficient (Wildman–Crippen LogP) is 4.90. The van der Waals surface area contributed by atoms with Crippen molar-refractivity contribution in [3.05, 3.63) is 59.4 Å². The van der Waals surface area contributed by atoms with Gasteiger partial charge in [0, 0.05) is 12.6 Å². The van der Waals surface area contributed by atoms with Gasteiger partial charge in [0.25, 0.3) is 0 Å². The highest BCUT2D eigenvalue weighted by Crippen LogP contribution is 2.28. The van der Waals surface area contributed by atoms with Crippen LogP contribution in [0.3, 0.4) is 0 Å². The van der Waals surface area contributed by atoms with Crippen molar-refractivity contribution < 1.29 is 13.9 Å². The van der Waals surface area contributed by atoms with Crippen LogP contribution in [0.2, 0.25) is 0 Å². The molecule has 3 rings (SSSR count). The summed E-state index contributed by atoms with van der Waals surface area (Å²) in [6.07, 6.45) is 0. The molecular weight excluding hydrogens is 389 g/mol. The normalized spacial score (nSPS) is 11.5. The van der Waals surface area contributed by atoms with Gasteiger partial charge in [-0.1, -0.05) is 56.8 Å². The molecule has 0 aliphatic heterocycles. The maximum atomic E-state index is 13.5. The highest BCUT2D eigenvalue weighted by molar-refractivity contribution is 7.99. The van der Waals surface area contributed by atoms with Crippen molar-refractivity contribution in [3.8, 4) is 17.1 Å². The lowest BCUT2D eigenvalue weighted by Crippen LogP contribution is -2.10. The number of thioether (sulfide) groups is 1. The average molecular weight is 414 g/mol. The van der Waals surface area contributed by atoms with Crippen LogP contribution >= 0.6 is 11.8 Å². The number of Topliss-reactive ketones (excluding diaryl/α,β-unsaturated/α-hetero) is 1. The van der Waals surface area contributed by atoms with E-state index >= 15 is 0 Å². The first-order valence-electron chi connectivity index (χ1n) is 9.20. The Labute approximate surface area is 174 Å². The van der Waals surface area contributed by atoms with E-state index in [4.69, 9.17) is 4.74 Å². The van der Waals surface area contributed by atoms with E-state index in [-0.39, 0.29) is 22.5 Å². The number of nitrogens with zero attached hydrogens (tertiary/aromatic N) is 3. The van der Waals surface area contributed by atoms with Crippen molar-refractivity contribution in [2.24, 2.45) is 7.05 Å². The lowest BCUT2D eigenvalue weighted by Gasteiger charge is -2.19. The molecule has 1 aromatic heterocycles. The zero-order chi connectivity index (χ0) is 21.2. The molecule has 0 saturated carbocycles. The second-order valence-corrected chi connectivity index (χ2v) is 8.69. The van der Waals surface area contributed by atoms with Gasteiger partial charge in [0.1, 0.15) is 11.6 Å². The molecule has 3 aromatic rings. The zero-order valence-corrected chi connectivity index (χ0v) is 18.0. The number of carbonyl (C=O) groups is 1. The number of hydrogen-bond donors (Lipinski definition) is 0. The highest BCUT2D eigenvalue weighted by atomic mass is 32.2. The Morgan fingerprint density at radius 1 is 1.14 bits per heavy atom. The van der Waals surface area contributed by atoms with Crippen LogP contribution in [0.15, 0.2) is 47.6 Å². The Bertz CT molecular complexity index is 1020. The quantitative estimate of drug-likeness (QED) is 0.425. The topological polar surface area (TPSA) is 57.0 Å². The number of rotatable bonds is 6. The van der Waals surface area contributed by atoms with Gasteiger partial charge in [-0.05, 0) is 29.2 Å². The lowest BCUT2D eigenvalue weighted by atomic mass is 9.87. The number of methoxy groups -OCH3 is 1. The number of halogens is 1. The predicted molar refractivity (Wildman–Crippen MR) is 113 cm³/mol. The van der Waals surface area contributed by atoms with Gasteiger partial charge >= 0.3 is 0 Å². The number of aromatic nitrogens is 3. The highest BCUT2D eigenvalue weighted by Gasteiger charge is 2.18. The molecule has 2 aromatic carbocycles. The van der Waals surface area contributed by atoms with Gasteiger partial charge in [-0.2, -0.15) is 0 Å². The molecule has 0 unspecified atom stereocenters. The molecule has 0 fully saturated rings. The van der Waals surface area contributed by atoms with Crippen LogP contribution in [-0.2, 0) is 12.5 Å². The minimum Gasteiger partial charge on any atom is -0.496 e. The van der Waals surface area contributed by atoms with E-state index in [1.807, 2.05) is 23.7 Å². The maximum absolute atomic E-state index is 13.5. The molecular formula is C22H24FN3O2S. The van der Waals surface area contributed by atoms with Gasteiger partial charge in [-0.25, -0.2) is 4.39 Å². The third-order valence-electron chi connectivity index (χ3n) is 4.64. The maximum Gasteiger partial charge on any atom is 0.191 e. The molecule has 29 heavy (non-hydrogen) atoms. The Morgan fingerprint density at radius 2 is 1.83 bits per heavy atom. The fraction of sp³-hybridized carbons (Fsp3) is 0.318. The fourth-order valence-electron chi connectivity index (χ4n) is 2.92. The smallest absolute Gasteiger partial charge is 0.191 e. The van der Waals surface area contributed by atoms with Crippen molar-refractivity contribution >= 4 is 17.5 Å². The van der Waals surface area contributed by atoms with Gasteiger partial charge in [-0.3, -0.25) is 4.79 Å². The fourth-order valence-corrected chi connectivity index (χ4v) is 3.71. The second kappa shape index (κ2) is 8.37. The molecule has 0 saturated heterocycles. The van der Waals surface area contributed by atoms with E-state index in [9.17, 15) is 9.18 Å². The molecule has 0 aliphatic rings. The summed E-state index contributed by atoms with van der Waals surface area (Å²) in [7, 11) is 3.32. The van der Waals surface area contributed by atoms with Crippen LogP contribution in [0.5, 0.6) is 5.75 Å². The largest absolute Gasteiger partial charge is 0.496 e. The molecule has 7 heteroatoms. The Morgan fingerprint density at radius 3 is 2.45 bits per heavy atom. The summed E-state index contributed by atoms with van der Waals surface area (Å²) in [5.41, 5.74) is 2.50. The molecule has 0 amide bonds.